The molecule has 0 radical (unpaired) electrons. The lowest BCUT2D eigenvalue weighted by Crippen LogP contribution is -2.51. The van der Waals surface area contributed by atoms with Crippen LogP contribution in [0.15, 0.2) is 27.8 Å². The molecule has 2 aliphatic heterocycles. The fourth-order valence-electron chi connectivity index (χ4n) is 3.92. The number of guanidine groups is 1. The van der Waals surface area contributed by atoms with Crippen molar-refractivity contribution < 1.29 is 23.4 Å². The quantitative estimate of drug-likeness (QED) is 0.476. The van der Waals surface area contributed by atoms with Gasteiger partial charge in [-0.15, -0.1) is 0 Å². The zero-order valence-electron chi connectivity index (χ0n) is 18.7. The molecule has 174 valence electrons. The van der Waals surface area contributed by atoms with Gasteiger partial charge in [0.25, 0.3) is 0 Å². The number of nitrogens with one attached hydrogen (secondary N) is 2. The van der Waals surface area contributed by atoms with Crippen molar-refractivity contribution in [2.45, 2.75) is 50.7 Å². The highest BCUT2D eigenvalue weighted by Gasteiger charge is 2.32. The molecule has 1 aromatic heterocycles. The Labute approximate surface area is 184 Å². The van der Waals surface area contributed by atoms with Crippen LogP contribution in [0, 0.1) is 0 Å². The molecule has 1 aromatic rings. The van der Waals surface area contributed by atoms with Crippen LogP contribution in [0.1, 0.15) is 38.4 Å². The summed E-state index contributed by atoms with van der Waals surface area (Å²) in [5, 5.41) is 6.98. The number of nitrogens with zero attached hydrogens (tertiary/aromatic N) is 2. The summed E-state index contributed by atoms with van der Waals surface area (Å²) in [6.07, 6.45) is 5.61. The number of rotatable bonds is 8. The number of furan rings is 1. The number of hydrogen-bond donors (Lipinski definition) is 2. The second-order valence-corrected chi connectivity index (χ2v) is 8.03. The number of piperidine rings is 1. The van der Waals surface area contributed by atoms with Gasteiger partial charge in [-0.3, -0.25) is 4.99 Å². The summed E-state index contributed by atoms with van der Waals surface area (Å²) in [5.74, 6) is 1.71. The van der Waals surface area contributed by atoms with E-state index >= 15 is 0 Å². The van der Waals surface area contributed by atoms with Crippen molar-refractivity contribution in [1.29, 1.82) is 0 Å². The van der Waals surface area contributed by atoms with Crippen molar-refractivity contribution in [3.05, 3.63) is 24.2 Å². The van der Waals surface area contributed by atoms with Gasteiger partial charge >= 0.3 is 6.09 Å². The average molecular weight is 437 g/mol. The Morgan fingerprint density at radius 3 is 2.74 bits per heavy atom. The molecule has 2 fully saturated rings. The van der Waals surface area contributed by atoms with E-state index in [0.29, 0.717) is 46.0 Å². The highest BCUT2D eigenvalue weighted by atomic mass is 16.6. The molecule has 2 aliphatic rings. The second kappa shape index (κ2) is 12.0. The average Bonchev–Trinajstić information content (AvgIpc) is 3.32. The van der Waals surface area contributed by atoms with Crippen molar-refractivity contribution >= 4 is 12.1 Å². The largest absolute Gasteiger partial charge is 0.469 e. The van der Waals surface area contributed by atoms with Gasteiger partial charge in [-0.05, 0) is 31.9 Å². The Bertz CT molecular complexity index is 680. The molecule has 0 bridgehead atoms. The zero-order chi connectivity index (χ0) is 21.9. The van der Waals surface area contributed by atoms with Crippen molar-refractivity contribution in [2.75, 3.05) is 53.1 Å². The van der Waals surface area contributed by atoms with Crippen molar-refractivity contribution in [3.8, 4) is 0 Å². The van der Waals surface area contributed by atoms with E-state index in [1.54, 1.807) is 18.3 Å². The van der Waals surface area contributed by atoms with Gasteiger partial charge in [-0.2, -0.15) is 0 Å². The van der Waals surface area contributed by atoms with Gasteiger partial charge in [0.05, 0.1) is 25.0 Å². The van der Waals surface area contributed by atoms with E-state index in [1.807, 2.05) is 19.1 Å². The zero-order valence-corrected chi connectivity index (χ0v) is 18.7. The molecule has 1 amide bonds. The first kappa shape index (κ1) is 23.4. The van der Waals surface area contributed by atoms with Crippen LogP contribution in [0.2, 0.25) is 0 Å². The summed E-state index contributed by atoms with van der Waals surface area (Å²) in [4.78, 5) is 18.6. The maximum atomic E-state index is 11.9. The summed E-state index contributed by atoms with van der Waals surface area (Å²) >= 11 is 0. The van der Waals surface area contributed by atoms with E-state index in [4.69, 9.17) is 23.6 Å². The fourth-order valence-corrected chi connectivity index (χ4v) is 3.92. The highest BCUT2D eigenvalue weighted by molar-refractivity contribution is 5.80. The lowest BCUT2D eigenvalue weighted by Gasteiger charge is -2.35. The lowest BCUT2D eigenvalue weighted by molar-refractivity contribution is -0.0829. The summed E-state index contributed by atoms with van der Waals surface area (Å²) in [6, 6.07) is 4.11. The van der Waals surface area contributed by atoms with Crippen molar-refractivity contribution in [3.63, 3.8) is 0 Å². The highest BCUT2D eigenvalue weighted by Crippen LogP contribution is 2.24. The number of carbonyl (C=O) groups is 1. The molecule has 3 heterocycles. The minimum Gasteiger partial charge on any atom is -0.469 e. The van der Waals surface area contributed by atoms with Gasteiger partial charge in [-0.1, -0.05) is 0 Å². The maximum absolute atomic E-state index is 11.9. The molecule has 0 aromatic carbocycles. The second-order valence-electron chi connectivity index (χ2n) is 8.03. The van der Waals surface area contributed by atoms with Crippen LogP contribution in [-0.2, 0) is 20.6 Å². The molecule has 0 spiro atoms. The van der Waals surface area contributed by atoms with E-state index in [1.165, 1.54) is 0 Å². The molecule has 31 heavy (non-hydrogen) atoms. The Morgan fingerprint density at radius 1 is 1.32 bits per heavy atom. The van der Waals surface area contributed by atoms with Gasteiger partial charge in [0.15, 0.2) is 5.96 Å². The summed E-state index contributed by atoms with van der Waals surface area (Å²) in [6.45, 7) is 6.27. The van der Waals surface area contributed by atoms with E-state index in [2.05, 4.69) is 10.6 Å². The number of ether oxygens (including phenoxy) is 3. The molecular weight excluding hydrogens is 400 g/mol. The summed E-state index contributed by atoms with van der Waals surface area (Å²) in [5.41, 5.74) is -0.277. The minimum absolute atomic E-state index is 0.229. The number of methoxy groups -OCH3 is 1. The number of hydrogen-bond acceptors (Lipinski definition) is 6. The Kier molecular flexibility index (Phi) is 9.02. The van der Waals surface area contributed by atoms with Crippen LogP contribution < -0.4 is 10.6 Å². The first-order valence-electron chi connectivity index (χ1n) is 11.3. The number of amides is 1. The van der Waals surface area contributed by atoms with Crippen LogP contribution in [-0.4, -0.2) is 81.7 Å². The molecule has 2 N–H and O–H groups in total. The molecule has 3 rings (SSSR count). The third-order valence-corrected chi connectivity index (χ3v) is 5.97. The SMILES string of the molecule is CCOC(=O)N1CCC(NC(=NCC2(OC)CCOCC2)NCCc2ccco2)CC1. The van der Waals surface area contributed by atoms with Gasteiger partial charge in [0, 0.05) is 65.3 Å². The standard InChI is InChI=1S/C22H36N4O5/c1-3-30-21(27)26-12-7-18(8-13-26)25-20(23-11-6-19-5-4-14-31-19)24-17-22(28-2)9-15-29-16-10-22/h4-5,14,18H,3,6-13,15-17H2,1-2H3,(H2,23,24,25). The van der Waals surface area contributed by atoms with Gasteiger partial charge < -0.3 is 34.2 Å². The van der Waals surface area contributed by atoms with Crippen molar-refractivity contribution in [1.82, 2.24) is 15.5 Å². The van der Waals surface area contributed by atoms with Crippen LogP contribution in [0.4, 0.5) is 4.79 Å². The number of likely N-dealkylation sites (tertiary alicyclic amines) is 1. The van der Waals surface area contributed by atoms with E-state index in [0.717, 1.165) is 43.8 Å². The van der Waals surface area contributed by atoms with Crippen LogP contribution in [0.25, 0.3) is 0 Å². The van der Waals surface area contributed by atoms with E-state index in [9.17, 15) is 4.79 Å². The van der Waals surface area contributed by atoms with E-state index < -0.39 is 0 Å². The van der Waals surface area contributed by atoms with Crippen molar-refractivity contribution in [2.24, 2.45) is 4.99 Å². The predicted molar refractivity (Wildman–Crippen MR) is 117 cm³/mol. The molecule has 9 heteroatoms. The van der Waals surface area contributed by atoms with Gasteiger partial charge in [0.1, 0.15) is 5.76 Å². The minimum atomic E-state index is -0.277. The van der Waals surface area contributed by atoms with Gasteiger partial charge in [0.2, 0.25) is 0 Å². The topological polar surface area (TPSA) is 97.6 Å². The predicted octanol–water partition coefficient (Wildman–Crippen LogP) is 2.17. The molecular formula is C22H36N4O5. The fraction of sp³-hybridized carbons (Fsp3) is 0.727. The van der Waals surface area contributed by atoms with E-state index in [-0.39, 0.29) is 17.7 Å². The first-order chi connectivity index (χ1) is 15.1. The maximum Gasteiger partial charge on any atom is 0.409 e. The monoisotopic (exact) mass is 436 g/mol. The molecule has 0 saturated carbocycles. The third-order valence-electron chi connectivity index (χ3n) is 5.97. The Balaban J connectivity index is 1.56. The van der Waals surface area contributed by atoms with Crippen LogP contribution in [0.3, 0.4) is 0 Å². The lowest BCUT2D eigenvalue weighted by atomic mass is 9.94. The number of aliphatic imine (C=N–C) groups is 1. The summed E-state index contributed by atoms with van der Waals surface area (Å²) < 4.78 is 21.9. The summed E-state index contributed by atoms with van der Waals surface area (Å²) in [7, 11) is 1.75. The molecule has 0 atom stereocenters. The Morgan fingerprint density at radius 2 is 2.10 bits per heavy atom. The molecule has 0 unspecified atom stereocenters. The van der Waals surface area contributed by atoms with Crippen LogP contribution >= 0.6 is 0 Å². The Hall–Kier alpha value is -2.26. The first-order valence-corrected chi connectivity index (χ1v) is 11.3. The van der Waals surface area contributed by atoms with Crippen LogP contribution in [0.5, 0.6) is 0 Å². The smallest absolute Gasteiger partial charge is 0.409 e. The molecule has 9 nitrogen and oxygen atoms in total. The third kappa shape index (κ3) is 7.14. The molecule has 0 aliphatic carbocycles. The van der Waals surface area contributed by atoms with Gasteiger partial charge in [-0.25, -0.2) is 4.79 Å². The normalized spacial score (nSPS) is 19.8. The molecule has 2 saturated heterocycles. The number of carbonyl (C=O) groups excluding carboxylic acids is 1.